The van der Waals surface area contributed by atoms with Crippen LogP contribution in [-0.2, 0) is 14.1 Å². The number of carbonyl (C=O) groups is 1. The van der Waals surface area contributed by atoms with Gasteiger partial charge in [-0.15, -0.1) is 0 Å². The Morgan fingerprint density at radius 1 is 1.14 bits per heavy atom. The average molecular weight is 305 g/mol. The SMILES string of the molecule is CC1(C)OB(c2cc(F)cc(N3CCCC3=O)c2)OC1(C)C. The van der Waals surface area contributed by atoms with Crippen molar-refractivity contribution in [2.24, 2.45) is 0 Å². The van der Waals surface area contributed by atoms with Crippen LogP contribution in [0.25, 0.3) is 0 Å². The molecule has 0 N–H and O–H groups in total. The highest BCUT2D eigenvalue weighted by molar-refractivity contribution is 6.62. The van der Waals surface area contributed by atoms with Gasteiger partial charge in [0.2, 0.25) is 5.91 Å². The van der Waals surface area contributed by atoms with E-state index >= 15 is 0 Å². The first-order valence-corrected chi connectivity index (χ1v) is 7.66. The van der Waals surface area contributed by atoms with E-state index in [1.165, 1.54) is 12.1 Å². The molecule has 0 saturated carbocycles. The lowest BCUT2D eigenvalue weighted by molar-refractivity contribution is -0.117. The van der Waals surface area contributed by atoms with Crippen LogP contribution < -0.4 is 10.4 Å². The molecule has 6 heteroatoms. The molecule has 1 aromatic rings. The number of benzene rings is 1. The van der Waals surface area contributed by atoms with Gasteiger partial charge in [-0.3, -0.25) is 4.79 Å². The van der Waals surface area contributed by atoms with E-state index in [1.54, 1.807) is 11.0 Å². The van der Waals surface area contributed by atoms with Crippen molar-refractivity contribution < 1.29 is 18.5 Å². The zero-order valence-electron chi connectivity index (χ0n) is 13.5. The number of hydrogen-bond donors (Lipinski definition) is 0. The van der Waals surface area contributed by atoms with Crippen molar-refractivity contribution in [2.45, 2.75) is 51.7 Å². The first kappa shape index (κ1) is 15.5. The minimum atomic E-state index is -0.628. The van der Waals surface area contributed by atoms with Crippen LogP contribution in [-0.4, -0.2) is 30.8 Å². The minimum Gasteiger partial charge on any atom is -0.399 e. The van der Waals surface area contributed by atoms with E-state index in [-0.39, 0.29) is 11.7 Å². The molecule has 3 rings (SSSR count). The van der Waals surface area contributed by atoms with Gasteiger partial charge in [0, 0.05) is 18.7 Å². The Morgan fingerprint density at radius 2 is 1.77 bits per heavy atom. The molecule has 2 saturated heterocycles. The van der Waals surface area contributed by atoms with Crippen LogP contribution >= 0.6 is 0 Å². The maximum atomic E-state index is 14.0. The van der Waals surface area contributed by atoms with Gasteiger partial charge in [-0.25, -0.2) is 4.39 Å². The van der Waals surface area contributed by atoms with Crippen molar-refractivity contribution in [1.82, 2.24) is 0 Å². The summed E-state index contributed by atoms with van der Waals surface area (Å²) in [7, 11) is -0.628. The topological polar surface area (TPSA) is 38.8 Å². The van der Waals surface area contributed by atoms with E-state index in [0.29, 0.717) is 24.1 Å². The Labute approximate surface area is 130 Å². The number of anilines is 1. The molecule has 0 unspecified atom stereocenters. The third-order valence-electron chi connectivity index (χ3n) is 4.82. The van der Waals surface area contributed by atoms with Crippen molar-refractivity contribution >= 4 is 24.2 Å². The van der Waals surface area contributed by atoms with Gasteiger partial charge in [-0.1, -0.05) is 0 Å². The maximum Gasteiger partial charge on any atom is 0.495 e. The first-order chi connectivity index (χ1) is 10.2. The highest BCUT2D eigenvalue weighted by Gasteiger charge is 2.51. The summed E-state index contributed by atoms with van der Waals surface area (Å²) in [5.74, 6) is -0.354. The number of nitrogens with zero attached hydrogens (tertiary/aromatic N) is 1. The molecular weight excluding hydrogens is 284 g/mol. The average Bonchev–Trinajstić information content (AvgIpc) is 2.91. The van der Waals surface area contributed by atoms with E-state index in [4.69, 9.17) is 9.31 Å². The van der Waals surface area contributed by atoms with E-state index in [9.17, 15) is 9.18 Å². The standard InChI is InChI=1S/C16H21BFNO3/c1-15(2)16(3,4)22-17(21-15)11-8-12(18)10-13(9-11)19-7-5-6-14(19)20/h8-10H,5-7H2,1-4H3. The summed E-state index contributed by atoms with van der Waals surface area (Å²) in [6.45, 7) is 8.45. The van der Waals surface area contributed by atoms with Crippen molar-refractivity contribution in [3.8, 4) is 0 Å². The van der Waals surface area contributed by atoms with Crippen LogP contribution in [0.2, 0.25) is 0 Å². The second-order valence-corrected chi connectivity index (χ2v) is 6.98. The molecule has 0 aromatic heterocycles. The van der Waals surface area contributed by atoms with Crippen LogP contribution in [0.4, 0.5) is 10.1 Å². The van der Waals surface area contributed by atoms with E-state index in [1.807, 2.05) is 27.7 Å². The molecule has 0 bridgehead atoms. The lowest BCUT2D eigenvalue weighted by atomic mass is 9.79. The smallest absolute Gasteiger partial charge is 0.399 e. The summed E-state index contributed by atoms with van der Waals surface area (Å²) in [6.07, 6.45) is 1.32. The van der Waals surface area contributed by atoms with Gasteiger partial charge < -0.3 is 14.2 Å². The van der Waals surface area contributed by atoms with Gasteiger partial charge in [0.25, 0.3) is 0 Å². The normalized spacial score (nSPS) is 23.4. The number of halogens is 1. The van der Waals surface area contributed by atoms with Gasteiger partial charge in [0.1, 0.15) is 5.82 Å². The van der Waals surface area contributed by atoms with E-state index in [0.717, 1.165) is 6.42 Å². The summed E-state index contributed by atoms with van der Waals surface area (Å²) in [4.78, 5) is 13.5. The zero-order valence-corrected chi connectivity index (χ0v) is 13.5. The molecule has 0 aliphatic carbocycles. The molecule has 0 atom stereocenters. The Hall–Kier alpha value is -1.40. The molecule has 2 fully saturated rings. The van der Waals surface area contributed by atoms with Crippen LogP contribution in [0, 0.1) is 5.82 Å². The molecule has 4 nitrogen and oxygen atoms in total. The summed E-state index contributed by atoms with van der Waals surface area (Å²) in [5, 5.41) is 0. The molecule has 0 radical (unpaired) electrons. The quantitative estimate of drug-likeness (QED) is 0.787. The van der Waals surface area contributed by atoms with Crippen molar-refractivity contribution in [1.29, 1.82) is 0 Å². The Balaban J connectivity index is 1.92. The lowest BCUT2D eigenvalue weighted by Crippen LogP contribution is -2.41. The third-order valence-corrected chi connectivity index (χ3v) is 4.82. The fraction of sp³-hybridized carbons (Fsp3) is 0.562. The van der Waals surface area contributed by atoms with Crippen LogP contribution in [0.15, 0.2) is 18.2 Å². The van der Waals surface area contributed by atoms with Crippen molar-refractivity contribution in [2.75, 3.05) is 11.4 Å². The van der Waals surface area contributed by atoms with Gasteiger partial charge in [0.15, 0.2) is 0 Å². The Kier molecular flexibility index (Phi) is 3.57. The van der Waals surface area contributed by atoms with Crippen molar-refractivity contribution in [3.05, 3.63) is 24.0 Å². The molecule has 2 heterocycles. The van der Waals surface area contributed by atoms with Gasteiger partial charge in [0.05, 0.1) is 11.2 Å². The number of amides is 1. The molecule has 22 heavy (non-hydrogen) atoms. The summed E-state index contributed by atoms with van der Waals surface area (Å²) in [5.41, 5.74) is 0.224. The molecule has 2 aliphatic heterocycles. The Bertz CT molecular complexity index is 601. The highest BCUT2D eigenvalue weighted by Crippen LogP contribution is 2.36. The largest absolute Gasteiger partial charge is 0.495 e. The van der Waals surface area contributed by atoms with E-state index < -0.39 is 18.3 Å². The fourth-order valence-corrected chi connectivity index (χ4v) is 2.79. The zero-order chi connectivity index (χ0) is 16.1. The summed E-state index contributed by atoms with van der Waals surface area (Å²) >= 11 is 0. The fourth-order valence-electron chi connectivity index (χ4n) is 2.79. The lowest BCUT2D eigenvalue weighted by Gasteiger charge is -2.32. The van der Waals surface area contributed by atoms with Gasteiger partial charge in [-0.05, 0) is 57.8 Å². The molecular formula is C16H21BFNO3. The number of hydrogen-bond acceptors (Lipinski definition) is 3. The minimum absolute atomic E-state index is 0.0328. The first-order valence-electron chi connectivity index (χ1n) is 7.66. The second-order valence-electron chi connectivity index (χ2n) is 6.98. The molecule has 1 amide bonds. The highest BCUT2D eigenvalue weighted by atomic mass is 19.1. The number of rotatable bonds is 2. The van der Waals surface area contributed by atoms with Crippen LogP contribution in [0.1, 0.15) is 40.5 Å². The van der Waals surface area contributed by atoms with E-state index in [2.05, 4.69) is 0 Å². The molecule has 118 valence electrons. The molecule has 0 spiro atoms. The van der Waals surface area contributed by atoms with Crippen LogP contribution in [0.3, 0.4) is 0 Å². The van der Waals surface area contributed by atoms with Crippen molar-refractivity contribution in [3.63, 3.8) is 0 Å². The molecule has 2 aliphatic rings. The number of carbonyl (C=O) groups excluding carboxylic acids is 1. The maximum absolute atomic E-state index is 14.0. The predicted octanol–water partition coefficient (Wildman–Crippen LogP) is 2.25. The van der Waals surface area contributed by atoms with Gasteiger partial charge in [-0.2, -0.15) is 0 Å². The second kappa shape index (κ2) is 5.06. The molecule has 1 aromatic carbocycles. The predicted molar refractivity (Wildman–Crippen MR) is 83.7 cm³/mol. The van der Waals surface area contributed by atoms with Crippen LogP contribution in [0.5, 0.6) is 0 Å². The Morgan fingerprint density at radius 3 is 2.32 bits per heavy atom. The summed E-state index contributed by atoms with van der Waals surface area (Å²) < 4.78 is 25.9. The monoisotopic (exact) mass is 305 g/mol. The van der Waals surface area contributed by atoms with Gasteiger partial charge >= 0.3 is 7.12 Å². The third kappa shape index (κ3) is 2.54. The summed E-state index contributed by atoms with van der Waals surface area (Å²) in [6, 6.07) is 4.58.